The van der Waals surface area contributed by atoms with Crippen LogP contribution in [0, 0.1) is 25.7 Å². The largest absolute Gasteiger partial charge is 0.325 e. The predicted molar refractivity (Wildman–Crippen MR) is 195 cm³/mol. The SMILES string of the molecule is Cc1ccc2c(c1)[N@@+]1(C)[CH-][N@+]2(c2[c-]c(S(=O)(=O)c3[c-]c4c(cc3)c3ccccc3n4-c3cc(C(C)(C)C)ccn3)cc(C(C)(C)C)c2)C1.[Pt]. The molecule has 49 heavy (non-hydrogen) atoms. The summed E-state index contributed by atoms with van der Waals surface area (Å²) >= 11 is 0. The van der Waals surface area contributed by atoms with E-state index >= 15 is 0 Å². The molecule has 6 aromatic rings. The van der Waals surface area contributed by atoms with E-state index in [-0.39, 0.29) is 41.7 Å². The van der Waals surface area contributed by atoms with Gasteiger partial charge in [-0.05, 0) is 62.3 Å². The third-order valence-electron chi connectivity index (χ3n) is 10.2. The number of aryl methyl sites for hydroxylation is 1. The molecule has 3 aliphatic rings. The Balaban J connectivity index is 0.00000378. The second kappa shape index (κ2) is 10.9. The third kappa shape index (κ3) is 5.07. The Morgan fingerprint density at radius 2 is 1.51 bits per heavy atom. The molecule has 2 aromatic heterocycles. The van der Waals surface area contributed by atoms with Gasteiger partial charge in [-0.25, -0.2) is 13.4 Å². The molecule has 0 aliphatic carbocycles. The molecule has 4 aromatic carbocycles. The molecular formula is C41H41N4O2PtS-. The molecule has 0 N–H and O–H groups in total. The summed E-state index contributed by atoms with van der Waals surface area (Å²) in [7, 11) is -1.81. The van der Waals surface area contributed by atoms with E-state index in [2.05, 4.69) is 117 Å². The van der Waals surface area contributed by atoms with Gasteiger partial charge in [0.15, 0.2) is 27.9 Å². The Morgan fingerprint density at radius 1 is 0.796 bits per heavy atom. The number of fused-ring (bicyclic) bond motifs is 3. The first-order valence-electron chi connectivity index (χ1n) is 16.5. The van der Waals surface area contributed by atoms with Crippen LogP contribution in [-0.4, -0.2) is 31.7 Å². The van der Waals surface area contributed by atoms with E-state index < -0.39 is 9.84 Å². The number of aromatic nitrogens is 2. The monoisotopic (exact) mass is 848 g/mol. The quantitative estimate of drug-likeness (QED) is 0.131. The smallest absolute Gasteiger partial charge is 0.179 e. The van der Waals surface area contributed by atoms with Gasteiger partial charge in [0.25, 0.3) is 0 Å². The maximum Gasteiger partial charge on any atom is 0.179 e. The minimum absolute atomic E-state index is 0. The minimum Gasteiger partial charge on any atom is -0.325 e. The van der Waals surface area contributed by atoms with E-state index in [1.165, 1.54) is 16.9 Å². The summed E-state index contributed by atoms with van der Waals surface area (Å²) in [5.74, 6) is 0.733. The zero-order valence-electron chi connectivity index (χ0n) is 29.2. The Labute approximate surface area is 304 Å². The van der Waals surface area contributed by atoms with Crippen molar-refractivity contribution in [2.75, 3.05) is 13.7 Å². The summed E-state index contributed by atoms with van der Waals surface area (Å²) in [4.78, 5) is 5.04. The van der Waals surface area contributed by atoms with E-state index in [1.807, 2.05) is 35.0 Å². The average Bonchev–Trinajstić information content (AvgIpc) is 3.58. The Morgan fingerprint density at radius 3 is 2.22 bits per heavy atom. The third-order valence-corrected chi connectivity index (χ3v) is 11.8. The molecule has 0 amide bonds. The van der Waals surface area contributed by atoms with Gasteiger partial charge in [-0.3, -0.25) is 0 Å². The summed E-state index contributed by atoms with van der Waals surface area (Å²) in [6.45, 7) is 18.1. The van der Waals surface area contributed by atoms with Crippen LogP contribution < -0.4 is 8.97 Å². The normalized spacial score (nSPS) is 20.2. The number of rotatable bonds is 4. The van der Waals surface area contributed by atoms with E-state index in [0.717, 1.165) is 45.6 Å². The van der Waals surface area contributed by atoms with Crippen LogP contribution in [0.1, 0.15) is 58.2 Å². The Bertz CT molecular complexity index is 2430. The maximum atomic E-state index is 14.7. The van der Waals surface area contributed by atoms with Crippen molar-refractivity contribution in [3.8, 4) is 5.82 Å². The van der Waals surface area contributed by atoms with E-state index in [4.69, 9.17) is 4.98 Å². The molecule has 0 unspecified atom stereocenters. The van der Waals surface area contributed by atoms with E-state index in [1.54, 1.807) is 12.1 Å². The fraction of sp³-hybridized carbons (Fsp3) is 0.268. The van der Waals surface area contributed by atoms with Crippen LogP contribution in [-0.2, 0) is 41.7 Å². The van der Waals surface area contributed by atoms with Gasteiger partial charge in [0.05, 0.1) is 13.7 Å². The van der Waals surface area contributed by atoms with Crippen LogP contribution in [0.15, 0.2) is 94.9 Å². The van der Waals surface area contributed by atoms with Crippen LogP contribution in [0.25, 0.3) is 27.6 Å². The predicted octanol–water partition coefficient (Wildman–Crippen LogP) is 9.19. The molecule has 6 nitrogen and oxygen atoms in total. The van der Waals surface area contributed by atoms with Crippen molar-refractivity contribution >= 4 is 48.7 Å². The fourth-order valence-electron chi connectivity index (χ4n) is 7.52. The zero-order valence-corrected chi connectivity index (χ0v) is 32.3. The number of hydrogen-bond acceptors (Lipinski definition) is 3. The molecule has 9 rings (SSSR count). The van der Waals surface area contributed by atoms with Gasteiger partial charge in [0.1, 0.15) is 5.82 Å². The number of benzene rings is 4. The van der Waals surface area contributed by atoms with Gasteiger partial charge in [0.2, 0.25) is 0 Å². The van der Waals surface area contributed by atoms with E-state index in [9.17, 15) is 8.42 Å². The van der Waals surface area contributed by atoms with Gasteiger partial charge in [0, 0.05) is 50.6 Å². The first-order chi connectivity index (χ1) is 22.5. The fourth-order valence-corrected chi connectivity index (χ4v) is 8.75. The Hall–Kier alpha value is -3.61. The van der Waals surface area contributed by atoms with Crippen molar-refractivity contribution < 1.29 is 29.5 Å². The number of hydrogen-bond donors (Lipinski definition) is 0. The van der Waals surface area contributed by atoms with Gasteiger partial charge >= 0.3 is 0 Å². The van der Waals surface area contributed by atoms with Gasteiger partial charge < -0.3 is 13.5 Å². The molecule has 2 bridgehead atoms. The molecular weight excluding hydrogens is 808 g/mol. The standard InChI is InChI=1S/C41H41N4O2S.Pt/c1-27-13-16-37-38(19-27)44(8)25-45(37,26-44)30-20-29(41(5,6)7)21-32(23-30)48(46,47)31-14-15-34-33-11-9-10-12-35(33)43(36(34)24-31)39-22-28(17-18-42-39)40(2,3)4;/h9-22,25H,26H2,1-8H3;/q-1;/t44-,45+;/m0./s1. The molecule has 3 aliphatic heterocycles. The topological polar surface area (TPSA) is 52.0 Å². The van der Waals surface area contributed by atoms with Gasteiger partial charge in [-0.1, -0.05) is 71.3 Å². The van der Waals surface area contributed by atoms with Crippen molar-refractivity contribution in [1.82, 2.24) is 18.5 Å². The molecule has 254 valence electrons. The van der Waals surface area contributed by atoms with Crippen LogP contribution >= 0.6 is 0 Å². The van der Waals surface area contributed by atoms with E-state index in [0.29, 0.717) is 14.5 Å². The molecule has 0 spiro atoms. The first-order valence-corrected chi connectivity index (χ1v) is 18.0. The van der Waals surface area contributed by atoms with Crippen LogP contribution in [0.2, 0.25) is 0 Å². The van der Waals surface area contributed by atoms with Crippen LogP contribution in [0.4, 0.5) is 17.1 Å². The number of pyridine rings is 1. The molecule has 1 saturated heterocycles. The second-order valence-corrected chi connectivity index (χ2v) is 17.7. The molecule has 8 heteroatoms. The van der Waals surface area contributed by atoms with Gasteiger partial charge in [-0.15, -0.1) is 35.2 Å². The Kier molecular flexibility index (Phi) is 7.56. The first kappa shape index (κ1) is 33.9. The summed E-state index contributed by atoms with van der Waals surface area (Å²) in [5, 5.41) is 1.95. The zero-order chi connectivity index (χ0) is 34.0. The van der Waals surface area contributed by atoms with Crippen molar-refractivity contribution in [3.05, 3.63) is 121 Å². The summed E-state index contributed by atoms with van der Waals surface area (Å²) in [5.41, 5.74) is 7.86. The molecule has 1 fully saturated rings. The van der Waals surface area contributed by atoms with Crippen molar-refractivity contribution in [1.29, 1.82) is 0 Å². The molecule has 0 saturated carbocycles. The van der Waals surface area contributed by atoms with Crippen LogP contribution in [0.5, 0.6) is 0 Å². The van der Waals surface area contributed by atoms with Crippen molar-refractivity contribution in [2.45, 2.75) is 69.1 Å². The molecule has 2 atom stereocenters. The summed E-state index contributed by atoms with van der Waals surface area (Å²) in [6.07, 6.45) is 1.83. The summed E-state index contributed by atoms with van der Waals surface area (Å²) < 4.78 is 32.7. The van der Waals surface area contributed by atoms with Crippen molar-refractivity contribution in [3.63, 3.8) is 0 Å². The number of nitrogens with zero attached hydrogens (tertiary/aromatic N) is 4. The molecule has 5 heterocycles. The van der Waals surface area contributed by atoms with Crippen molar-refractivity contribution in [2.24, 2.45) is 0 Å². The van der Waals surface area contributed by atoms with Crippen LogP contribution in [0.3, 0.4) is 0 Å². The number of quaternary nitrogens is 2. The second-order valence-electron chi connectivity index (χ2n) is 15.8. The molecule has 0 radical (unpaired) electrons. The maximum absolute atomic E-state index is 14.7. The average molecular weight is 849 g/mol. The summed E-state index contributed by atoms with van der Waals surface area (Å²) in [6, 6.07) is 33.2. The number of sulfone groups is 1. The minimum atomic E-state index is -4.02. The number of para-hydroxylation sites is 1. The van der Waals surface area contributed by atoms with Gasteiger partial charge in [-0.2, -0.15) is 12.1 Å².